The lowest BCUT2D eigenvalue weighted by atomic mass is 10.1. The number of amides is 1. The maximum atomic E-state index is 12.3. The predicted octanol–water partition coefficient (Wildman–Crippen LogP) is 2.29. The molecule has 0 radical (unpaired) electrons. The van der Waals surface area contributed by atoms with E-state index in [2.05, 4.69) is 6.07 Å². The van der Waals surface area contributed by atoms with Crippen molar-refractivity contribution in [3.05, 3.63) is 70.8 Å². The minimum atomic E-state index is -0.0390. The maximum absolute atomic E-state index is 12.3. The van der Waals surface area contributed by atoms with Crippen LogP contribution < -0.4 is 5.73 Å². The lowest BCUT2D eigenvalue weighted by molar-refractivity contribution is 0.0785. The molecule has 0 heterocycles. The van der Waals surface area contributed by atoms with Crippen molar-refractivity contribution in [1.29, 1.82) is 5.26 Å². The second kappa shape index (κ2) is 6.69. The van der Waals surface area contributed by atoms with Crippen LogP contribution in [0.1, 0.15) is 27.0 Å². The molecule has 0 fully saturated rings. The fourth-order valence-corrected chi connectivity index (χ4v) is 2.03. The van der Waals surface area contributed by atoms with Gasteiger partial charge < -0.3 is 10.6 Å². The van der Waals surface area contributed by atoms with Crippen molar-refractivity contribution in [2.24, 2.45) is 5.73 Å². The van der Waals surface area contributed by atoms with Gasteiger partial charge >= 0.3 is 0 Å². The SMILES string of the molecule is CN(Cc1ccc(C#N)cc1)C(=O)c1ccc(CN)cc1. The molecule has 0 aliphatic carbocycles. The Kier molecular flexibility index (Phi) is 4.70. The summed E-state index contributed by atoms with van der Waals surface area (Å²) in [7, 11) is 1.76. The van der Waals surface area contributed by atoms with E-state index in [1.807, 2.05) is 24.3 Å². The number of carbonyl (C=O) groups excluding carboxylic acids is 1. The third-order valence-electron chi connectivity index (χ3n) is 3.29. The van der Waals surface area contributed by atoms with Gasteiger partial charge in [-0.1, -0.05) is 24.3 Å². The molecule has 0 unspecified atom stereocenters. The van der Waals surface area contributed by atoms with Crippen LogP contribution in [0.4, 0.5) is 0 Å². The fourth-order valence-electron chi connectivity index (χ4n) is 2.03. The highest BCUT2D eigenvalue weighted by Crippen LogP contribution is 2.10. The zero-order valence-electron chi connectivity index (χ0n) is 11.9. The molecule has 0 saturated carbocycles. The summed E-state index contributed by atoms with van der Waals surface area (Å²) < 4.78 is 0. The van der Waals surface area contributed by atoms with Crippen LogP contribution in [-0.4, -0.2) is 17.9 Å². The Labute approximate surface area is 124 Å². The summed E-state index contributed by atoms with van der Waals surface area (Å²) in [6, 6.07) is 16.6. The number of nitrogens with zero attached hydrogens (tertiary/aromatic N) is 2. The molecule has 4 nitrogen and oxygen atoms in total. The lowest BCUT2D eigenvalue weighted by Crippen LogP contribution is -2.26. The zero-order chi connectivity index (χ0) is 15.2. The van der Waals surface area contributed by atoms with Crippen molar-refractivity contribution in [1.82, 2.24) is 4.90 Å². The third-order valence-corrected chi connectivity index (χ3v) is 3.29. The first-order chi connectivity index (χ1) is 10.1. The summed E-state index contributed by atoms with van der Waals surface area (Å²) in [6.45, 7) is 0.971. The van der Waals surface area contributed by atoms with E-state index in [0.29, 0.717) is 24.2 Å². The molecule has 2 aromatic rings. The highest BCUT2D eigenvalue weighted by Gasteiger charge is 2.11. The standard InChI is InChI=1S/C17H17N3O/c1-20(12-15-4-2-13(10-18)3-5-15)17(21)16-8-6-14(11-19)7-9-16/h2-9H,11-12,19H2,1H3. The molecule has 0 atom stereocenters. The second-order valence-electron chi connectivity index (χ2n) is 4.87. The van der Waals surface area contributed by atoms with E-state index in [1.165, 1.54) is 0 Å². The number of nitrogens with two attached hydrogens (primary N) is 1. The number of nitriles is 1. The van der Waals surface area contributed by atoms with Gasteiger partial charge in [0, 0.05) is 25.7 Å². The van der Waals surface area contributed by atoms with Gasteiger partial charge in [0.1, 0.15) is 0 Å². The van der Waals surface area contributed by atoms with Crippen molar-refractivity contribution < 1.29 is 4.79 Å². The molecule has 0 spiro atoms. The lowest BCUT2D eigenvalue weighted by Gasteiger charge is -2.17. The summed E-state index contributed by atoms with van der Waals surface area (Å²) in [5.41, 5.74) is 8.79. The summed E-state index contributed by atoms with van der Waals surface area (Å²) in [4.78, 5) is 14.0. The molecule has 0 saturated heterocycles. The Hall–Kier alpha value is -2.64. The van der Waals surface area contributed by atoms with Crippen LogP contribution in [0.2, 0.25) is 0 Å². The normalized spacial score (nSPS) is 9.95. The Morgan fingerprint density at radius 3 is 2.19 bits per heavy atom. The van der Waals surface area contributed by atoms with Gasteiger partial charge in [-0.05, 0) is 35.4 Å². The minimum absolute atomic E-state index is 0.0390. The van der Waals surface area contributed by atoms with E-state index >= 15 is 0 Å². The molecule has 1 amide bonds. The average molecular weight is 279 g/mol. The van der Waals surface area contributed by atoms with Gasteiger partial charge in [0.15, 0.2) is 0 Å². The number of carbonyl (C=O) groups is 1. The number of hydrogen-bond acceptors (Lipinski definition) is 3. The van der Waals surface area contributed by atoms with Crippen molar-refractivity contribution in [3.8, 4) is 6.07 Å². The summed E-state index contributed by atoms with van der Waals surface area (Å²) in [5, 5.41) is 8.77. The first-order valence-electron chi connectivity index (χ1n) is 6.67. The fraction of sp³-hybridized carbons (Fsp3) is 0.176. The van der Waals surface area contributed by atoms with E-state index < -0.39 is 0 Å². The first-order valence-corrected chi connectivity index (χ1v) is 6.67. The number of hydrogen-bond donors (Lipinski definition) is 1. The second-order valence-corrected chi connectivity index (χ2v) is 4.87. The molecule has 2 rings (SSSR count). The highest BCUT2D eigenvalue weighted by atomic mass is 16.2. The number of benzene rings is 2. The summed E-state index contributed by atoms with van der Waals surface area (Å²) in [6.07, 6.45) is 0. The molecule has 0 aliphatic rings. The predicted molar refractivity (Wildman–Crippen MR) is 81.3 cm³/mol. The van der Waals surface area contributed by atoms with Gasteiger partial charge in [0.05, 0.1) is 11.6 Å². The van der Waals surface area contributed by atoms with E-state index in [1.54, 1.807) is 36.2 Å². The Bertz CT molecular complexity index is 654. The monoisotopic (exact) mass is 279 g/mol. The van der Waals surface area contributed by atoms with Crippen LogP contribution in [0.5, 0.6) is 0 Å². The van der Waals surface area contributed by atoms with E-state index in [9.17, 15) is 4.79 Å². The Balaban J connectivity index is 2.05. The Morgan fingerprint density at radius 2 is 1.67 bits per heavy atom. The maximum Gasteiger partial charge on any atom is 0.253 e. The largest absolute Gasteiger partial charge is 0.337 e. The molecule has 2 aromatic carbocycles. The van der Waals surface area contributed by atoms with Gasteiger partial charge in [0.2, 0.25) is 0 Å². The molecule has 0 aromatic heterocycles. The quantitative estimate of drug-likeness (QED) is 0.933. The van der Waals surface area contributed by atoms with Crippen LogP contribution >= 0.6 is 0 Å². The molecule has 0 aliphatic heterocycles. The average Bonchev–Trinajstić information content (AvgIpc) is 2.55. The molecule has 21 heavy (non-hydrogen) atoms. The van der Waals surface area contributed by atoms with Crippen molar-refractivity contribution in [3.63, 3.8) is 0 Å². The molecule has 2 N–H and O–H groups in total. The number of rotatable bonds is 4. The Morgan fingerprint density at radius 1 is 1.10 bits per heavy atom. The molecule has 106 valence electrons. The molecule has 0 bridgehead atoms. The van der Waals surface area contributed by atoms with Crippen molar-refractivity contribution in [2.45, 2.75) is 13.1 Å². The topological polar surface area (TPSA) is 70.1 Å². The van der Waals surface area contributed by atoms with Crippen LogP contribution in [-0.2, 0) is 13.1 Å². The van der Waals surface area contributed by atoms with Crippen LogP contribution in [0.3, 0.4) is 0 Å². The van der Waals surface area contributed by atoms with Crippen LogP contribution in [0, 0.1) is 11.3 Å². The first kappa shape index (κ1) is 14.8. The van der Waals surface area contributed by atoms with E-state index in [-0.39, 0.29) is 5.91 Å². The minimum Gasteiger partial charge on any atom is -0.337 e. The zero-order valence-corrected chi connectivity index (χ0v) is 11.9. The third kappa shape index (κ3) is 3.68. The smallest absolute Gasteiger partial charge is 0.253 e. The van der Waals surface area contributed by atoms with Crippen LogP contribution in [0.15, 0.2) is 48.5 Å². The molecule has 4 heteroatoms. The van der Waals surface area contributed by atoms with Gasteiger partial charge in [-0.3, -0.25) is 4.79 Å². The van der Waals surface area contributed by atoms with Crippen molar-refractivity contribution in [2.75, 3.05) is 7.05 Å². The van der Waals surface area contributed by atoms with E-state index in [0.717, 1.165) is 11.1 Å². The highest BCUT2D eigenvalue weighted by molar-refractivity contribution is 5.94. The van der Waals surface area contributed by atoms with E-state index in [4.69, 9.17) is 11.0 Å². The van der Waals surface area contributed by atoms with Crippen molar-refractivity contribution >= 4 is 5.91 Å². The summed E-state index contributed by atoms with van der Waals surface area (Å²) in [5.74, 6) is -0.0390. The molecular formula is C17H17N3O. The van der Waals surface area contributed by atoms with Crippen LogP contribution in [0.25, 0.3) is 0 Å². The van der Waals surface area contributed by atoms with Gasteiger partial charge in [0.25, 0.3) is 5.91 Å². The van der Waals surface area contributed by atoms with Gasteiger partial charge in [-0.2, -0.15) is 5.26 Å². The van der Waals surface area contributed by atoms with Gasteiger partial charge in [-0.15, -0.1) is 0 Å². The molecular weight excluding hydrogens is 262 g/mol. The van der Waals surface area contributed by atoms with Gasteiger partial charge in [-0.25, -0.2) is 0 Å². The summed E-state index contributed by atoms with van der Waals surface area (Å²) >= 11 is 0.